The largest absolute Gasteiger partial charge is 0.472 e. The molecule has 0 aliphatic heterocycles. The zero-order valence-corrected chi connectivity index (χ0v) is 52.9. The molecule has 1 amide bonds. The molecular formula is C68H132N2O6P+. The molecule has 0 aromatic heterocycles. The topological polar surface area (TPSA) is 105 Å². The highest BCUT2D eigenvalue weighted by Crippen LogP contribution is 2.43. The van der Waals surface area contributed by atoms with Crippen LogP contribution in [0.4, 0.5) is 0 Å². The first kappa shape index (κ1) is 75.5. The van der Waals surface area contributed by atoms with E-state index in [0.717, 1.165) is 51.4 Å². The molecule has 8 nitrogen and oxygen atoms in total. The lowest BCUT2D eigenvalue weighted by atomic mass is 10.0. The van der Waals surface area contributed by atoms with Crippen molar-refractivity contribution in [2.24, 2.45) is 0 Å². The van der Waals surface area contributed by atoms with Gasteiger partial charge in [-0.15, -0.1) is 0 Å². The van der Waals surface area contributed by atoms with Crippen LogP contribution in [0.1, 0.15) is 328 Å². The van der Waals surface area contributed by atoms with Crippen LogP contribution in [0.15, 0.2) is 48.6 Å². The summed E-state index contributed by atoms with van der Waals surface area (Å²) in [6, 6.07) is -0.847. The number of quaternary nitrogens is 1. The number of likely N-dealkylation sites (N-methyl/N-ethyl adjacent to an activating group) is 1. The van der Waals surface area contributed by atoms with E-state index in [1.54, 1.807) is 6.08 Å². The standard InChI is InChI=1S/C68H131N2O6P/c1-6-8-10-12-14-16-18-20-22-24-26-28-29-30-31-32-33-34-35-36-37-38-39-40-41-42-44-46-48-50-52-54-56-58-60-62-68(72)69-66(65-76-77(73,74)75-64-63-70(3,4)5)67(71)61-59-57-55-53-51-49-47-45-43-27-25-23-21-19-17-15-13-11-9-7-2/h18,20,24,26,29-30,59,61,66-67,71H,6-17,19,21-23,25,27-28,31-58,60,62-65H2,1-5H3,(H-,69,72,73,74)/p+1/b20-18-,26-24-,30-29-,61-59+. The molecule has 0 aromatic rings. The van der Waals surface area contributed by atoms with Crippen LogP contribution in [0.25, 0.3) is 0 Å². The highest BCUT2D eigenvalue weighted by atomic mass is 31.2. The zero-order valence-electron chi connectivity index (χ0n) is 52.0. The average molecular weight is 1100 g/mol. The molecule has 0 spiro atoms. The molecule has 3 unspecified atom stereocenters. The third kappa shape index (κ3) is 61.9. The normalized spacial score (nSPS) is 14.0. The molecule has 0 bridgehead atoms. The molecule has 0 aliphatic rings. The van der Waals surface area contributed by atoms with Gasteiger partial charge in [-0.3, -0.25) is 13.8 Å². The molecule has 9 heteroatoms. The monoisotopic (exact) mass is 1100 g/mol. The second-order valence-electron chi connectivity index (χ2n) is 24.2. The molecule has 454 valence electrons. The molecule has 0 saturated carbocycles. The summed E-state index contributed by atoms with van der Waals surface area (Å²) >= 11 is 0. The summed E-state index contributed by atoms with van der Waals surface area (Å²) in [7, 11) is 1.59. The van der Waals surface area contributed by atoms with E-state index in [9.17, 15) is 19.4 Å². The van der Waals surface area contributed by atoms with Crippen LogP contribution in [-0.4, -0.2) is 73.4 Å². The number of nitrogens with zero attached hydrogens (tertiary/aromatic N) is 1. The van der Waals surface area contributed by atoms with E-state index >= 15 is 0 Å². The van der Waals surface area contributed by atoms with Crippen molar-refractivity contribution in [1.82, 2.24) is 5.32 Å². The van der Waals surface area contributed by atoms with E-state index < -0.39 is 20.0 Å². The zero-order chi connectivity index (χ0) is 56.3. The number of allylic oxidation sites excluding steroid dienone is 7. The summed E-state index contributed by atoms with van der Waals surface area (Å²) in [5.74, 6) is -0.171. The van der Waals surface area contributed by atoms with Crippen LogP contribution in [-0.2, 0) is 18.4 Å². The Balaban J connectivity index is 4.02. The van der Waals surface area contributed by atoms with E-state index in [-0.39, 0.29) is 19.1 Å². The van der Waals surface area contributed by atoms with Gasteiger partial charge in [0.1, 0.15) is 13.2 Å². The van der Waals surface area contributed by atoms with Crippen molar-refractivity contribution < 1.29 is 32.9 Å². The molecule has 0 fully saturated rings. The first-order valence-electron chi connectivity index (χ1n) is 33.5. The molecule has 0 aliphatic carbocycles. The van der Waals surface area contributed by atoms with E-state index in [1.807, 2.05) is 27.2 Å². The van der Waals surface area contributed by atoms with Crippen LogP contribution < -0.4 is 5.32 Å². The van der Waals surface area contributed by atoms with Crippen molar-refractivity contribution in [2.75, 3.05) is 40.9 Å². The predicted molar refractivity (Wildman–Crippen MR) is 337 cm³/mol. The molecule has 0 radical (unpaired) electrons. The van der Waals surface area contributed by atoms with Gasteiger partial charge < -0.3 is 19.8 Å². The third-order valence-corrected chi connectivity index (χ3v) is 16.3. The molecule has 0 rings (SSSR count). The van der Waals surface area contributed by atoms with Gasteiger partial charge >= 0.3 is 7.82 Å². The summed E-state index contributed by atoms with van der Waals surface area (Å²) in [6.45, 7) is 4.85. The second kappa shape index (κ2) is 59.1. The lowest BCUT2D eigenvalue weighted by Gasteiger charge is -2.25. The maximum Gasteiger partial charge on any atom is 0.472 e. The number of hydrogen-bond acceptors (Lipinski definition) is 5. The number of unbranched alkanes of at least 4 members (excludes halogenated alkanes) is 43. The minimum absolute atomic E-state index is 0.0628. The van der Waals surface area contributed by atoms with Crippen LogP contribution in [0.5, 0.6) is 0 Å². The number of carbonyl (C=O) groups excluding carboxylic acids is 1. The summed E-state index contributed by atoms with van der Waals surface area (Å²) in [5, 5.41) is 14.0. The van der Waals surface area contributed by atoms with Crippen molar-refractivity contribution >= 4 is 13.7 Å². The number of hydrogen-bond donors (Lipinski definition) is 3. The van der Waals surface area contributed by atoms with Gasteiger partial charge in [-0.25, -0.2) is 4.57 Å². The van der Waals surface area contributed by atoms with Crippen molar-refractivity contribution in [3.05, 3.63) is 48.6 Å². The lowest BCUT2D eigenvalue weighted by molar-refractivity contribution is -0.870. The smallest absolute Gasteiger partial charge is 0.387 e. The van der Waals surface area contributed by atoms with Crippen molar-refractivity contribution in [3.63, 3.8) is 0 Å². The van der Waals surface area contributed by atoms with Gasteiger partial charge in [0.2, 0.25) is 5.91 Å². The highest BCUT2D eigenvalue weighted by molar-refractivity contribution is 7.47. The minimum atomic E-state index is -4.35. The van der Waals surface area contributed by atoms with Gasteiger partial charge in [0, 0.05) is 6.42 Å². The number of carbonyl (C=O) groups is 1. The van der Waals surface area contributed by atoms with Gasteiger partial charge in [0.15, 0.2) is 0 Å². The first-order chi connectivity index (χ1) is 37.5. The number of nitrogens with one attached hydrogen (secondary N) is 1. The van der Waals surface area contributed by atoms with E-state index in [4.69, 9.17) is 9.05 Å². The van der Waals surface area contributed by atoms with Gasteiger partial charge in [-0.05, 0) is 57.8 Å². The number of phosphoric ester groups is 1. The number of aliphatic hydroxyl groups excluding tert-OH is 1. The van der Waals surface area contributed by atoms with E-state index in [0.29, 0.717) is 17.4 Å². The maximum atomic E-state index is 13.0. The Kier molecular flexibility index (Phi) is 57.9. The molecule has 3 N–H and O–H groups in total. The lowest BCUT2D eigenvalue weighted by Crippen LogP contribution is -2.45. The predicted octanol–water partition coefficient (Wildman–Crippen LogP) is 21.1. The van der Waals surface area contributed by atoms with Gasteiger partial charge in [-0.2, -0.15) is 0 Å². The second-order valence-corrected chi connectivity index (χ2v) is 25.7. The highest BCUT2D eigenvalue weighted by Gasteiger charge is 2.28. The number of aliphatic hydroxyl groups is 1. The Morgan fingerprint density at radius 3 is 1.08 bits per heavy atom. The van der Waals surface area contributed by atoms with Gasteiger partial charge in [-0.1, -0.05) is 313 Å². The van der Waals surface area contributed by atoms with Crippen LogP contribution in [0.3, 0.4) is 0 Å². The van der Waals surface area contributed by atoms with E-state index in [1.165, 1.54) is 257 Å². The fourth-order valence-electron chi connectivity index (χ4n) is 10.1. The molecule has 0 aromatic carbocycles. The maximum absolute atomic E-state index is 13.0. The summed E-state index contributed by atoms with van der Waals surface area (Å²) in [6.07, 6.45) is 79.6. The van der Waals surface area contributed by atoms with Crippen LogP contribution >= 0.6 is 7.82 Å². The molecule has 0 heterocycles. The Morgan fingerprint density at radius 2 is 0.740 bits per heavy atom. The van der Waals surface area contributed by atoms with Gasteiger partial charge in [0.25, 0.3) is 0 Å². The van der Waals surface area contributed by atoms with Crippen LogP contribution in [0, 0.1) is 0 Å². The molecule has 3 atom stereocenters. The quantitative estimate of drug-likeness (QED) is 0.0243. The fourth-order valence-corrected chi connectivity index (χ4v) is 10.8. The Hall–Kier alpha value is -1.54. The summed E-state index contributed by atoms with van der Waals surface area (Å²) in [5.41, 5.74) is 0. The van der Waals surface area contributed by atoms with E-state index in [2.05, 4.69) is 55.6 Å². The Morgan fingerprint density at radius 1 is 0.442 bits per heavy atom. The van der Waals surface area contributed by atoms with Crippen molar-refractivity contribution in [2.45, 2.75) is 341 Å². The SMILES string of the molecule is CCCCCCC/C=C\C/C=C\C/C=C\CCCCCCCCCCCCCCCCCCCCCCC(=O)NC(COP(=O)(O)OCC[N+](C)(C)C)C(O)/C=C/CCCCCCCCCCCCCCCCCCCC. The van der Waals surface area contributed by atoms with Gasteiger partial charge in [0.05, 0.1) is 39.9 Å². The molecular weight excluding hydrogens is 972 g/mol. The van der Waals surface area contributed by atoms with Crippen molar-refractivity contribution in [3.8, 4) is 0 Å². The Labute approximate surface area is 479 Å². The van der Waals surface area contributed by atoms with Crippen molar-refractivity contribution in [1.29, 1.82) is 0 Å². The minimum Gasteiger partial charge on any atom is -0.387 e. The molecule has 77 heavy (non-hydrogen) atoms. The average Bonchev–Trinajstić information content (AvgIpc) is 3.39. The Bertz CT molecular complexity index is 1390. The molecule has 0 saturated heterocycles. The number of phosphoric acid groups is 1. The summed E-state index contributed by atoms with van der Waals surface area (Å²) < 4.78 is 23.8. The van der Waals surface area contributed by atoms with Crippen LogP contribution in [0.2, 0.25) is 0 Å². The number of amides is 1. The first-order valence-corrected chi connectivity index (χ1v) is 35.0. The number of rotatable bonds is 62. The fraction of sp³-hybridized carbons (Fsp3) is 0.868. The third-order valence-electron chi connectivity index (χ3n) is 15.3. The summed E-state index contributed by atoms with van der Waals surface area (Å²) in [4.78, 5) is 23.4.